The minimum Gasteiger partial charge on any atom is -0.335 e. The van der Waals surface area contributed by atoms with Crippen LogP contribution in [0.3, 0.4) is 0 Å². The topological polar surface area (TPSA) is 17.8 Å². The third kappa shape index (κ3) is 2.47. The van der Waals surface area contributed by atoms with Crippen molar-refractivity contribution in [2.45, 2.75) is 6.54 Å². The molecule has 0 radical (unpaired) electrons. The molecular formula is C24H18N2. The first-order valence-corrected chi connectivity index (χ1v) is 8.86. The van der Waals surface area contributed by atoms with Crippen LogP contribution in [0.2, 0.25) is 0 Å². The van der Waals surface area contributed by atoms with Crippen molar-refractivity contribution in [2.24, 2.45) is 0 Å². The van der Waals surface area contributed by atoms with Gasteiger partial charge in [-0.25, -0.2) is 0 Å². The number of rotatable bonds is 3. The molecule has 5 rings (SSSR count). The molecule has 26 heavy (non-hydrogen) atoms. The Bertz CT molecular complexity index is 1190. The maximum atomic E-state index is 4.75. The average Bonchev–Trinajstić information content (AvgIpc) is 3.03. The van der Waals surface area contributed by atoms with Gasteiger partial charge in [0, 0.05) is 28.4 Å². The lowest BCUT2D eigenvalue weighted by Crippen LogP contribution is -1.99. The zero-order chi connectivity index (χ0) is 17.3. The first-order valence-electron chi connectivity index (χ1n) is 8.86. The van der Waals surface area contributed by atoms with Crippen LogP contribution in [0.4, 0.5) is 0 Å². The summed E-state index contributed by atoms with van der Waals surface area (Å²) in [4.78, 5) is 4.75. The highest BCUT2D eigenvalue weighted by Gasteiger charge is 2.12. The van der Waals surface area contributed by atoms with Gasteiger partial charge in [0.05, 0.1) is 17.4 Å². The van der Waals surface area contributed by atoms with Crippen molar-refractivity contribution in [1.82, 2.24) is 9.55 Å². The summed E-state index contributed by atoms with van der Waals surface area (Å²) in [5, 5.41) is 2.53. The van der Waals surface area contributed by atoms with Gasteiger partial charge in [-0.1, -0.05) is 78.9 Å². The Morgan fingerprint density at radius 1 is 0.654 bits per heavy atom. The molecule has 5 aromatic rings. The first kappa shape index (κ1) is 14.9. The SMILES string of the molecule is c1ccc(Cn2c3ccccc3c3cc(-c4ccccc4)ncc32)cc1. The molecule has 0 saturated heterocycles. The molecular weight excluding hydrogens is 316 g/mol. The van der Waals surface area contributed by atoms with E-state index in [4.69, 9.17) is 4.98 Å². The van der Waals surface area contributed by atoms with Crippen LogP contribution >= 0.6 is 0 Å². The highest BCUT2D eigenvalue weighted by Crippen LogP contribution is 2.31. The van der Waals surface area contributed by atoms with Gasteiger partial charge in [0.2, 0.25) is 0 Å². The van der Waals surface area contributed by atoms with Crippen LogP contribution in [0.25, 0.3) is 33.1 Å². The maximum absolute atomic E-state index is 4.75. The normalized spacial score (nSPS) is 11.2. The second-order valence-corrected chi connectivity index (χ2v) is 6.54. The Hall–Kier alpha value is -3.39. The fourth-order valence-electron chi connectivity index (χ4n) is 3.65. The summed E-state index contributed by atoms with van der Waals surface area (Å²) in [6.45, 7) is 0.844. The van der Waals surface area contributed by atoms with Gasteiger partial charge < -0.3 is 4.57 Å². The van der Waals surface area contributed by atoms with Crippen LogP contribution in [0, 0.1) is 0 Å². The fraction of sp³-hybridized carbons (Fsp3) is 0.0417. The van der Waals surface area contributed by atoms with E-state index in [9.17, 15) is 0 Å². The van der Waals surface area contributed by atoms with E-state index >= 15 is 0 Å². The third-order valence-electron chi connectivity index (χ3n) is 4.91. The van der Waals surface area contributed by atoms with E-state index in [1.165, 1.54) is 27.4 Å². The highest BCUT2D eigenvalue weighted by molar-refractivity contribution is 6.08. The minimum atomic E-state index is 0.844. The van der Waals surface area contributed by atoms with E-state index in [0.29, 0.717) is 0 Å². The Morgan fingerprint density at radius 3 is 2.15 bits per heavy atom. The highest BCUT2D eigenvalue weighted by atomic mass is 15.0. The van der Waals surface area contributed by atoms with Gasteiger partial charge in [-0.15, -0.1) is 0 Å². The summed E-state index contributed by atoms with van der Waals surface area (Å²) < 4.78 is 2.36. The number of aromatic nitrogens is 2. The summed E-state index contributed by atoms with van der Waals surface area (Å²) in [7, 11) is 0. The van der Waals surface area contributed by atoms with Gasteiger partial charge in [0.25, 0.3) is 0 Å². The molecule has 2 nitrogen and oxygen atoms in total. The van der Waals surface area contributed by atoms with E-state index in [-0.39, 0.29) is 0 Å². The molecule has 0 aliphatic rings. The molecule has 0 aliphatic carbocycles. The molecule has 124 valence electrons. The van der Waals surface area contributed by atoms with Crippen LogP contribution in [0.15, 0.2) is 97.2 Å². The lowest BCUT2D eigenvalue weighted by molar-refractivity contribution is 0.867. The lowest BCUT2D eigenvalue weighted by atomic mass is 10.1. The van der Waals surface area contributed by atoms with Crippen molar-refractivity contribution in [1.29, 1.82) is 0 Å². The number of nitrogens with zero attached hydrogens (tertiary/aromatic N) is 2. The van der Waals surface area contributed by atoms with Gasteiger partial charge in [0.1, 0.15) is 0 Å². The predicted octanol–water partition coefficient (Wildman–Crippen LogP) is 5.90. The van der Waals surface area contributed by atoms with Crippen molar-refractivity contribution in [3.8, 4) is 11.3 Å². The van der Waals surface area contributed by atoms with E-state index in [2.05, 4.69) is 89.5 Å². The molecule has 0 amide bonds. The van der Waals surface area contributed by atoms with Gasteiger partial charge in [0.15, 0.2) is 0 Å². The zero-order valence-corrected chi connectivity index (χ0v) is 14.3. The number of hydrogen-bond donors (Lipinski definition) is 0. The van der Waals surface area contributed by atoms with Crippen molar-refractivity contribution >= 4 is 21.8 Å². The van der Waals surface area contributed by atoms with Crippen molar-refractivity contribution in [3.63, 3.8) is 0 Å². The van der Waals surface area contributed by atoms with Crippen molar-refractivity contribution in [3.05, 3.63) is 103 Å². The molecule has 3 aromatic carbocycles. The van der Waals surface area contributed by atoms with E-state index in [1.807, 2.05) is 12.3 Å². The summed E-state index contributed by atoms with van der Waals surface area (Å²) in [5.41, 5.74) is 5.88. The second kappa shape index (κ2) is 6.16. The molecule has 0 spiro atoms. The average molecular weight is 334 g/mol. The molecule has 2 heterocycles. The zero-order valence-electron chi connectivity index (χ0n) is 14.3. The minimum absolute atomic E-state index is 0.844. The summed E-state index contributed by atoms with van der Waals surface area (Å²) in [5.74, 6) is 0. The molecule has 0 fully saturated rings. The molecule has 2 heteroatoms. The van der Waals surface area contributed by atoms with Crippen LogP contribution in [0.5, 0.6) is 0 Å². The monoisotopic (exact) mass is 334 g/mol. The number of fused-ring (bicyclic) bond motifs is 3. The molecule has 0 aliphatic heterocycles. The summed E-state index contributed by atoms with van der Waals surface area (Å²) in [6, 6.07) is 31.8. The van der Waals surface area contributed by atoms with E-state index < -0.39 is 0 Å². The van der Waals surface area contributed by atoms with Gasteiger partial charge >= 0.3 is 0 Å². The number of para-hydroxylation sites is 1. The fourth-order valence-corrected chi connectivity index (χ4v) is 3.65. The Kier molecular flexibility index (Phi) is 3.53. The largest absolute Gasteiger partial charge is 0.335 e. The molecule has 0 saturated carbocycles. The van der Waals surface area contributed by atoms with Gasteiger partial charge in [-0.3, -0.25) is 4.98 Å². The Morgan fingerprint density at radius 2 is 1.35 bits per heavy atom. The third-order valence-corrected chi connectivity index (χ3v) is 4.91. The summed E-state index contributed by atoms with van der Waals surface area (Å²) >= 11 is 0. The predicted molar refractivity (Wildman–Crippen MR) is 108 cm³/mol. The lowest BCUT2D eigenvalue weighted by Gasteiger charge is -2.08. The van der Waals surface area contributed by atoms with Gasteiger partial charge in [-0.05, 0) is 17.7 Å². The standard InChI is InChI=1S/C24H18N2/c1-3-9-18(10-4-1)17-26-23-14-8-7-13-20(23)21-15-22(25-16-24(21)26)19-11-5-2-6-12-19/h1-16H,17H2. The molecule has 0 unspecified atom stereocenters. The maximum Gasteiger partial charge on any atom is 0.0709 e. The van der Waals surface area contributed by atoms with E-state index in [1.54, 1.807) is 0 Å². The first-order chi connectivity index (χ1) is 12.9. The number of benzene rings is 3. The van der Waals surface area contributed by atoms with Crippen LogP contribution in [0.1, 0.15) is 5.56 Å². The number of hydrogen-bond acceptors (Lipinski definition) is 1. The van der Waals surface area contributed by atoms with Crippen molar-refractivity contribution < 1.29 is 0 Å². The van der Waals surface area contributed by atoms with Crippen LogP contribution < -0.4 is 0 Å². The van der Waals surface area contributed by atoms with E-state index in [0.717, 1.165) is 17.8 Å². The summed E-state index contributed by atoms with van der Waals surface area (Å²) in [6.07, 6.45) is 2.01. The Balaban J connectivity index is 1.74. The molecule has 0 atom stereocenters. The smallest absolute Gasteiger partial charge is 0.0709 e. The Labute approximate surface area is 152 Å². The van der Waals surface area contributed by atoms with Crippen LogP contribution in [-0.4, -0.2) is 9.55 Å². The molecule has 0 N–H and O–H groups in total. The molecule has 0 bridgehead atoms. The molecule has 2 aromatic heterocycles. The quantitative estimate of drug-likeness (QED) is 0.401. The van der Waals surface area contributed by atoms with Crippen LogP contribution in [-0.2, 0) is 6.54 Å². The number of pyridine rings is 1. The van der Waals surface area contributed by atoms with Gasteiger partial charge in [-0.2, -0.15) is 0 Å². The van der Waals surface area contributed by atoms with Crippen molar-refractivity contribution in [2.75, 3.05) is 0 Å². The second-order valence-electron chi connectivity index (χ2n) is 6.54.